The third-order valence-corrected chi connectivity index (χ3v) is 5.25. The van der Waals surface area contributed by atoms with Crippen molar-refractivity contribution >= 4 is 33.4 Å². The summed E-state index contributed by atoms with van der Waals surface area (Å²) in [5, 5.41) is 8.14. The highest BCUT2D eigenvalue weighted by molar-refractivity contribution is 7.17. The molecule has 3 heterocycles. The summed E-state index contributed by atoms with van der Waals surface area (Å²) in [5.74, 6) is 0.211. The molecule has 3 aromatic heterocycles. The summed E-state index contributed by atoms with van der Waals surface area (Å²) in [4.78, 5) is 26.0. The molecular formula is C21H19N5OS. The fraction of sp³-hybridized carbons (Fsp3) is 0.143. The van der Waals surface area contributed by atoms with Crippen LogP contribution in [0.1, 0.15) is 34.6 Å². The van der Waals surface area contributed by atoms with E-state index in [1.807, 2.05) is 60.8 Å². The maximum Gasteiger partial charge on any atom is 0.271 e. The Bertz CT molecular complexity index is 1080. The standard InChI is InChI=1S/C21H19N5OS/c1-14(16-8-5-10-22-13-16)24-21-25-17-9-11-28-19(17)18(26-21)20(27)23-12-15-6-3-2-4-7-15/h2-11,13-14H,12H2,1H3,(H,23,27)(H,24,25,26). The summed E-state index contributed by atoms with van der Waals surface area (Å²) in [7, 11) is 0. The van der Waals surface area contributed by atoms with Crippen LogP contribution < -0.4 is 10.6 Å². The van der Waals surface area contributed by atoms with Crippen molar-refractivity contribution in [3.05, 3.63) is 83.1 Å². The van der Waals surface area contributed by atoms with E-state index in [-0.39, 0.29) is 11.9 Å². The molecular weight excluding hydrogens is 370 g/mol. The van der Waals surface area contributed by atoms with Crippen LogP contribution in [0.5, 0.6) is 0 Å². The lowest BCUT2D eigenvalue weighted by Gasteiger charge is -2.14. The highest BCUT2D eigenvalue weighted by Gasteiger charge is 2.17. The number of nitrogens with one attached hydrogen (secondary N) is 2. The smallest absolute Gasteiger partial charge is 0.271 e. The second-order valence-electron chi connectivity index (χ2n) is 6.35. The number of nitrogens with zero attached hydrogens (tertiary/aromatic N) is 3. The summed E-state index contributed by atoms with van der Waals surface area (Å²) < 4.78 is 0.783. The van der Waals surface area contributed by atoms with Crippen molar-refractivity contribution in [1.82, 2.24) is 20.3 Å². The maximum atomic E-state index is 12.8. The number of aromatic nitrogens is 3. The van der Waals surface area contributed by atoms with E-state index >= 15 is 0 Å². The molecule has 0 spiro atoms. The van der Waals surface area contributed by atoms with Gasteiger partial charge in [0.1, 0.15) is 0 Å². The van der Waals surface area contributed by atoms with E-state index < -0.39 is 0 Å². The number of anilines is 1. The van der Waals surface area contributed by atoms with Gasteiger partial charge in [-0.25, -0.2) is 9.97 Å². The van der Waals surface area contributed by atoms with Gasteiger partial charge in [0.25, 0.3) is 5.91 Å². The van der Waals surface area contributed by atoms with E-state index in [4.69, 9.17) is 0 Å². The molecule has 0 aliphatic carbocycles. The molecule has 1 atom stereocenters. The molecule has 140 valence electrons. The number of fused-ring (bicyclic) bond motifs is 1. The Morgan fingerprint density at radius 3 is 2.75 bits per heavy atom. The number of benzene rings is 1. The number of hydrogen-bond donors (Lipinski definition) is 2. The van der Waals surface area contributed by atoms with Crippen LogP contribution in [0.3, 0.4) is 0 Å². The second-order valence-corrected chi connectivity index (χ2v) is 7.27. The van der Waals surface area contributed by atoms with Gasteiger partial charge >= 0.3 is 0 Å². The van der Waals surface area contributed by atoms with Crippen LogP contribution in [-0.2, 0) is 6.54 Å². The second kappa shape index (κ2) is 8.14. The van der Waals surface area contributed by atoms with E-state index in [9.17, 15) is 4.79 Å². The van der Waals surface area contributed by atoms with Crippen molar-refractivity contribution in [3.63, 3.8) is 0 Å². The van der Waals surface area contributed by atoms with Crippen LogP contribution in [0.2, 0.25) is 0 Å². The van der Waals surface area contributed by atoms with Crippen molar-refractivity contribution in [1.29, 1.82) is 0 Å². The first-order valence-corrected chi connectivity index (χ1v) is 9.82. The van der Waals surface area contributed by atoms with Gasteiger partial charge in [-0.3, -0.25) is 9.78 Å². The molecule has 0 aliphatic rings. The fourth-order valence-electron chi connectivity index (χ4n) is 2.85. The molecule has 7 heteroatoms. The number of pyridine rings is 1. The van der Waals surface area contributed by atoms with Crippen molar-refractivity contribution in [3.8, 4) is 0 Å². The first kappa shape index (κ1) is 18.1. The Balaban J connectivity index is 1.57. The third-order valence-electron chi connectivity index (χ3n) is 4.34. The molecule has 0 saturated heterocycles. The minimum Gasteiger partial charge on any atom is -0.348 e. The van der Waals surface area contributed by atoms with Gasteiger partial charge in [-0.05, 0) is 35.6 Å². The average molecular weight is 389 g/mol. The highest BCUT2D eigenvalue weighted by atomic mass is 32.1. The number of amides is 1. The SMILES string of the molecule is CC(Nc1nc(C(=O)NCc2ccccc2)c2sccc2n1)c1cccnc1. The van der Waals surface area contributed by atoms with E-state index in [2.05, 4.69) is 25.6 Å². The highest BCUT2D eigenvalue weighted by Crippen LogP contribution is 2.25. The normalized spacial score (nSPS) is 11.9. The van der Waals surface area contributed by atoms with Gasteiger partial charge in [-0.2, -0.15) is 0 Å². The van der Waals surface area contributed by atoms with Crippen molar-refractivity contribution in [2.45, 2.75) is 19.5 Å². The summed E-state index contributed by atoms with van der Waals surface area (Å²) in [5.41, 5.74) is 3.20. The molecule has 0 bridgehead atoms. The fourth-order valence-corrected chi connectivity index (χ4v) is 3.67. The quantitative estimate of drug-likeness (QED) is 0.517. The number of carbonyl (C=O) groups excluding carboxylic acids is 1. The molecule has 1 aromatic carbocycles. The molecule has 0 fully saturated rings. The van der Waals surface area contributed by atoms with Crippen molar-refractivity contribution in [2.75, 3.05) is 5.32 Å². The molecule has 1 amide bonds. The van der Waals surface area contributed by atoms with Gasteiger partial charge in [0.05, 0.1) is 16.3 Å². The molecule has 4 aromatic rings. The van der Waals surface area contributed by atoms with Crippen LogP contribution in [0.15, 0.2) is 66.3 Å². The van der Waals surface area contributed by atoms with Crippen LogP contribution >= 0.6 is 11.3 Å². The lowest BCUT2D eigenvalue weighted by atomic mass is 10.1. The summed E-state index contributed by atoms with van der Waals surface area (Å²) >= 11 is 1.46. The van der Waals surface area contributed by atoms with Crippen LogP contribution in [0.25, 0.3) is 10.2 Å². The third kappa shape index (κ3) is 3.99. The molecule has 1 unspecified atom stereocenters. The molecule has 0 saturated carbocycles. The first-order valence-electron chi connectivity index (χ1n) is 8.94. The number of thiophene rings is 1. The first-order chi connectivity index (χ1) is 13.7. The lowest BCUT2D eigenvalue weighted by molar-refractivity contribution is 0.0948. The van der Waals surface area contributed by atoms with Crippen LogP contribution in [0.4, 0.5) is 5.95 Å². The summed E-state index contributed by atoms with van der Waals surface area (Å²) in [6, 6.07) is 15.5. The zero-order valence-electron chi connectivity index (χ0n) is 15.3. The molecule has 28 heavy (non-hydrogen) atoms. The van der Waals surface area contributed by atoms with Crippen molar-refractivity contribution in [2.24, 2.45) is 0 Å². The van der Waals surface area contributed by atoms with E-state index in [1.54, 1.807) is 12.4 Å². The van der Waals surface area contributed by atoms with Gasteiger partial charge < -0.3 is 10.6 Å². The molecule has 4 rings (SSSR count). The zero-order chi connectivity index (χ0) is 19.3. The van der Waals surface area contributed by atoms with Gasteiger partial charge in [0.2, 0.25) is 5.95 Å². The largest absolute Gasteiger partial charge is 0.348 e. The summed E-state index contributed by atoms with van der Waals surface area (Å²) in [6.07, 6.45) is 3.54. The predicted molar refractivity (Wildman–Crippen MR) is 111 cm³/mol. The van der Waals surface area contributed by atoms with Crippen molar-refractivity contribution < 1.29 is 4.79 Å². The minimum atomic E-state index is -0.212. The number of carbonyl (C=O) groups is 1. The Morgan fingerprint density at radius 2 is 1.96 bits per heavy atom. The Labute approximate surface area is 166 Å². The summed E-state index contributed by atoms with van der Waals surface area (Å²) in [6.45, 7) is 2.46. The van der Waals surface area contributed by atoms with Gasteiger partial charge in [-0.15, -0.1) is 11.3 Å². The van der Waals surface area contributed by atoms with Gasteiger partial charge in [0, 0.05) is 18.9 Å². The molecule has 0 aliphatic heterocycles. The van der Waals surface area contributed by atoms with Gasteiger partial charge in [0.15, 0.2) is 5.69 Å². The molecule has 0 radical (unpaired) electrons. The van der Waals surface area contributed by atoms with Crippen LogP contribution in [0, 0.1) is 0 Å². The number of rotatable bonds is 6. The van der Waals surface area contributed by atoms with E-state index in [0.29, 0.717) is 18.2 Å². The zero-order valence-corrected chi connectivity index (χ0v) is 16.1. The average Bonchev–Trinajstić information content (AvgIpc) is 3.21. The monoisotopic (exact) mass is 389 g/mol. The minimum absolute atomic E-state index is 0.0370. The molecule has 6 nitrogen and oxygen atoms in total. The topological polar surface area (TPSA) is 79.8 Å². The van der Waals surface area contributed by atoms with E-state index in [1.165, 1.54) is 11.3 Å². The van der Waals surface area contributed by atoms with E-state index in [0.717, 1.165) is 21.3 Å². The van der Waals surface area contributed by atoms with Crippen LogP contribution in [-0.4, -0.2) is 20.9 Å². The Hall–Kier alpha value is -3.32. The molecule has 2 N–H and O–H groups in total. The Morgan fingerprint density at radius 1 is 1.11 bits per heavy atom. The van der Waals surface area contributed by atoms with Gasteiger partial charge in [-0.1, -0.05) is 36.4 Å². The lowest BCUT2D eigenvalue weighted by Crippen LogP contribution is -2.24. The Kier molecular flexibility index (Phi) is 5.25. The maximum absolute atomic E-state index is 12.8. The number of hydrogen-bond acceptors (Lipinski definition) is 6. The predicted octanol–water partition coefficient (Wildman–Crippen LogP) is 4.19.